The van der Waals surface area contributed by atoms with E-state index in [0.717, 1.165) is 5.56 Å². The molecule has 0 unspecified atom stereocenters. The molecular weight excluding hydrogens is 348 g/mol. The van der Waals surface area contributed by atoms with E-state index in [1.165, 1.54) is 0 Å². The summed E-state index contributed by atoms with van der Waals surface area (Å²) in [5.41, 5.74) is 0.509. The summed E-state index contributed by atoms with van der Waals surface area (Å²) in [6.45, 7) is 8.88. The Labute approximate surface area is 161 Å². The van der Waals surface area contributed by atoms with Crippen LogP contribution in [0.3, 0.4) is 0 Å². The van der Waals surface area contributed by atoms with Gasteiger partial charge < -0.3 is 30.2 Å². The fourth-order valence-corrected chi connectivity index (χ4v) is 2.36. The molecule has 0 spiro atoms. The fourth-order valence-electron chi connectivity index (χ4n) is 2.36. The molecule has 1 rings (SSSR count). The van der Waals surface area contributed by atoms with E-state index in [2.05, 4.69) is 20.9 Å². The third-order valence-corrected chi connectivity index (χ3v) is 3.49. The Morgan fingerprint density at radius 3 is 2.07 bits per heavy atom. The van der Waals surface area contributed by atoms with Gasteiger partial charge in [-0.15, -0.1) is 0 Å². The summed E-state index contributed by atoms with van der Waals surface area (Å²) >= 11 is 0. The minimum Gasteiger partial charge on any atom is -0.496 e. The lowest BCUT2D eigenvalue weighted by molar-refractivity contribution is -0.121. The molecule has 1 aromatic carbocycles. The second kappa shape index (κ2) is 10.5. The lowest BCUT2D eigenvalue weighted by Gasteiger charge is -2.21. The van der Waals surface area contributed by atoms with E-state index in [4.69, 9.17) is 14.2 Å². The zero-order chi connectivity index (χ0) is 20.4. The largest absolute Gasteiger partial charge is 0.496 e. The zero-order valence-electron chi connectivity index (χ0n) is 17.4. The van der Waals surface area contributed by atoms with Gasteiger partial charge in [0, 0.05) is 24.2 Å². The van der Waals surface area contributed by atoms with Gasteiger partial charge >= 0.3 is 0 Å². The number of aliphatic imine (C=N–C) groups is 1. The molecule has 1 aromatic rings. The van der Waals surface area contributed by atoms with Crippen LogP contribution in [0, 0.1) is 0 Å². The van der Waals surface area contributed by atoms with Crippen molar-refractivity contribution in [2.75, 3.05) is 34.4 Å². The second-order valence-electron chi connectivity index (χ2n) is 6.86. The number of methoxy groups -OCH3 is 3. The molecule has 1 amide bonds. The van der Waals surface area contributed by atoms with Crippen LogP contribution >= 0.6 is 0 Å². The van der Waals surface area contributed by atoms with Crippen molar-refractivity contribution < 1.29 is 19.0 Å². The van der Waals surface area contributed by atoms with Gasteiger partial charge in [0.25, 0.3) is 0 Å². The van der Waals surface area contributed by atoms with Crippen LogP contribution in [-0.2, 0) is 11.3 Å². The van der Waals surface area contributed by atoms with Crippen LogP contribution in [-0.4, -0.2) is 51.8 Å². The Morgan fingerprint density at radius 2 is 1.63 bits per heavy atom. The van der Waals surface area contributed by atoms with Gasteiger partial charge in [0.05, 0.1) is 40.0 Å². The molecule has 27 heavy (non-hydrogen) atoms. The average molecular weight is 380 g/mol. The highest BCUT2D eigenvalue weighted by Crippen LogP contribution is 2.34. The maximum Gasteiger partial charge on any atom is 0.239 e. The minimum absolute atomic E-state index is 0.104. The Morgan fingerprint density at radius 1 is 1.04 bits per heavy atom. The normalized spacial score (nSPS) is 11.6. The van der Waals surface area contributed by atoms with Crippen molar-refractivity contribution in [3.8, 4) is 17.2 Å². The molecule has 0 saturated heterocycles. The molecule has 8 nitrogen and oxygen atoms in total. The van der Waals surface area contributed by atoms with Crippen molar-refractivity contribution in [1.29, 1.82) is 0 Å². The number of hydrogen-bond donors (Lipinski definition) is 3. The van der Waals surface area contributed by atoms with Gasteiger partial charge in [-0.25, -0.2) is 4.99 Å². The first-order valence-corrected chi connectivity index (χ1v) is 8.86. The zero-order valence-corrected chi connectivity index (χ0v) is 17.4. The van der Waals surface area contributed by atoms with Crippen LogP contribution in [0.2, 0.25) is 0 Å². The number of guanidine groups is 1. The van der Waals surface area contributed by atoms with Gasteiger partial charge in [0.2, 0.25) is 5.91 Å². The second-order valence-corrected chi connectivity index (χ2v) is 6.86. The van der Waals surface area contributed by atoms with Crippen LogP contribution in [0.4, 0.5) is 0 Å². The van der Waals surface area contributed by atoms with E-state index in [1.54, 1.807) is 33.5 Å². The molecule has 0 aliphatic carbocycles. The number of hydrogen-bond acceptors (Lipinski definition) is 5. The Hall–Kier alpha value is -2.64. The van der Waals surface area contributed by atoms with Crippen LogP contribution in [0.15, 0.2) is 17.1 Å². The average Bonchev–Trinajstić information content (AvgIpc) is 2.61. The van der Waals surface area contributed by atoms with Crippen LogP contribution in [0.25, 0.3) is 0 Å². The van der Waals surface area contributed by atoms with Gasteiger partial charge in [0.1, 0.15) is 17.2 Å². The molecule has 152 valence electrons. The lowest BCUT2D eigenvalue weighted by Crippen LogP contribution is -2.48. The Bertz CT molecular complexity index is 629. The maximum absolute atomic E-state index is 12.0. The van der Waals surface area contributed by atoms with Crippen molar-refractivity contribution >= 4 is 11.9 Å². The van der Waals surface area contributed by atoms with Crippen molar-refractivity contribution in [2.45, 2.75) is 39.8 Å². The lowest BCUT2D eigenvalue weighted by atomic mass is 10.1. The van der Waals surface area contributed by atoms with Gasteiger partial charge in [-0.3, -0.25) is 4.79 Å². The predicted molar refractivity (Wildman–Crippen MR) is 107 cm³/mol. The van der Waals surface area contributed by atoms with Gasteiger partial charge in [-0.2, -0.15) is 0 Å². The maximum atomic E-state index is 12.0. The standard InChI is InChI=1S/C19H32N4O4/c1-8-20-18(22-12-17(24)23-19(2,3)4)21-11-14-15(26-6)9-13(25-5)10-16(14)27-7/h9-10H,8,11-12H2,1-7H3,(H,23,24)(H2,20,21,22). The number of benzene rings is 1. The number of rotatable bonds is 8. The summed E-state index contributed by atoms with van der Waals surface area (Å²) in [5, 5.41) is 9.05. The minimum atomic E-state index is -0.280. The molecule has 8 heteroatoms. The summed E-state index contributed by atoms with van der Waals surface area (Å²) < 4.78 is 16.1. The van der Waals surface area contributed by atoms with Gasteiger partial charge in [-0.1, -0.05) is 0 Å². The molecule has 3 N–H and O–H groups in total. The molecule has 0 radical (unpaired) electrons. The fraction of sp³-hybridized carbons (Fsp3) is 0.579. The number of amides is 1. The van der Waals surface area contributed by atoms with E-state index in [0.29, 0.717) is 36.3 Å². The van der Waals surface area contributed by atoms with Gasteiger partial charge in [0.15, 0.2) is 5.96 Å². The summed E-state index contributed by atoms with van der Waals surface area (Å²) in [7, 11) is 4.76. The molecule has 0 saturated carbocycles. The monoisotopic (exact) mass is 380 g/mol. The summed E-state index contributed by atoms with van der Waals surface area (Å²) in [6, 6.07) is 3.56. The van der Waals surface area contributed by atoms with E-state index in [1.807, 2.05) is 27.7 Å². The number of nitrogens with one attached hydrogen (secondary N) is 3. The number of ether oxygens (including phenoxy) is 3. The first-order chi connectivity index (χ1) is 12.7. The third kappa shape index (κ3) is 7.64. The van der Waals surface area contributed by atoms with E-state index in [-0.39, 0.29) is 18.0 Å². The smallest absolute Gasteiger partial charge is 0.239 e. The van der Waals surface area contributed by atoms with E-state index < -0.39 is 0 Å². The molecule has 0 heterocycles. The summed E-state index contributed by atoms with van der Waals surface area (Å²) in [6.07, 6.45) is 0. The topological polar surface area (TPSA) is 93.2 Å². The van der Waals surface area contributed by atoms with Crippen LogP contribution in [0.1, 0.15) is 33.3 Å². The third-order valence-electron chi connectivity index (χ3n) is 3.49. The molecule has 0 bridgehead atoms. The van der Waals surface area contributed by atoms with Crippen molar-refractivity contribution in [1.82, 2.24) is 16.0 Å². The van der Waals surface area contributed by atoms with Gasteiger partial charge in [-0.05, 0) is 27.7 Å². The van der Waals surface area contributed by atoms with E-state index in [9.17, 15) is 4.79 Å². The molecule has 0 atom stereocenters. The summed E-state index contributed by atoms with van der Waals surface area (Å²) in [4.78, 5) is 16.5. The molecule has 0 aliphatic rings. The summed E-state index contributed by atoms with van der Waals surface area (Å²) in [5.74, 6) is 2.31. The predicted octanol–water partition coefficient (Wildman–Crippen LogP) is 1.68. The van der Waals surface area contributed by atoms with Crippen molar-refractivity contribution in [3.63, 3.8) is 0 Å². The van der Waals surface area contributed by atoms with Crippen LogP contribution < -0.4 is 30.2 Å². The quantitative estimate of drug-likeness (QED) is 0.469. The Balaban J connectivity index is 2.93. The molecule has 0 fully saturated rings. The van der Waals surface area contributed by atoms with Crippen LogP contribution in [0.5, 0.6) is 17.2 Å². The first kappa shape index (κ1) is 22.4. The Kier molecular flexibility index (Phi) is 8.71. The highest BCUT2D eigenvalue weighted by atomic mass is 16.5. The van der Waals surface area contributed by atoms with Crippen molar-refractivity contribution in [2.24, 2.45) is 4.99 Å². The number of carbonyl (C=O) groups is 1. The molecular formula is C19H32N4O4. The molecule has 0 aliphatic heterocycles. The highest BCUT2D eigenvalue weighted by molar-refractivity contribution is 5.86. The number of carbonyl (C=O) groups excluding carboxylic acids is 1. The number of nitrogens with zero attached hydrogens (tertiary/aromatic N) is 1. The SMILES string of the molecule is CCNC(=NCc1c(OC)cc(OC)cc1OC)NCC(=O)NC(C)(C)C. The first-order valence-electron chi connectivity index (χ1n) is 8.86. The molecule has 0 aromatic heterocycles. The van der Waals surface area contributed by atoms with Crippen molar-refractivity contribution in [3.05, 3.63) is 17.7 Å². The highest BCUT2D eigenvalue weighted by Gasteiger charge is 2.15. The van der Waals surface area contributed by atoms with E-state index >= 15 is 0 Å².